The number of carbonyl (C=O) groups excluding carboxylic acids is 2. The van der Waals surface area contributed by atoms with E-state index >= 15 is 0 Å². The van der Waals surface area contributed by atoms with Gasteiger partial charge in [0.05, 0.1) is 18.4 Å². The number of anilines is 1. The van der Waals surface area contributed by atoms with E-state index in [0.717, 1.165) is 12.1 Å². The number of ether oxygens (including phenoxy) is 4. The Balaban J connectivity index is 2.16. The first-order valence-corrected chi connectivity index (χ1v) is 11.1. The molecule has 1 amide bonds. The highest BCUT2D eigenvalue weighted by atomic mass is 19.1. The molecule has 0 saturated heterocycles. The summed E-state index contributed by atoms with van der Waals surface area (Å²) in [5.41, 5.74) is 0.310. The van der Waals surface area contributed by atoms with Crippen LogP contribution < -0.4 is 10.1 Å². The molecule has 2 aromatic carbocycles. The fraction of sp³-hybridized carbons (Fsp3) is 0.308. The molecule has 0 fully saturated rings. The van der Waals surface area contributed by atoms with Crippen molar-refractivity contribution in [1.82, 2.24) is 0 Å². The summed E-state index contributed by atoms with van der Waals surface area (Å²) in [7, 11) is 1.44. The van der Waals surface area contributed by atoms with Crippen molar-refractivity contribution in [2.24, 2.45) is 0 Å². The predicted molar refractivity (Wildman–Crippen MR) is 129 cm³/mol. The smallest absolute Gasteiger partial charge is 0.412 e. The monoisotopic (exact) mass is 505 g/mol. The van der Waals surface area contributed by atoms with E-state index < -0.39 is 35.9 Å². The van der Waals surface area contributed by atoms with Crippen molar-refractivity contribution in [2.75, 3.05) is 32.2 Å². The molecule has 2 rings (SSSR count). The zero-order valence-corrected chi connectivity index (χ0v) is 19.8. The van der Waals surface area contributed by atoms with Crippen LogP contribution in [0.4, 0.5) is 19.3 Å². The van der Waals surface area contributed by atoms with Gasteiger partial charge in [0.25, 0.3) is 0 Å². The van der Waals surface area contributed by atoms with Crippen molar-refractivity contribution >= 4 is 17.7 Å². The maximum absolute atomic E-state index is 14.0. The molecule has 8 nitrogen and oxygen atoms in total. The molecule has 2 atom stereocenters. The van der Waals surface area contributed by atoms with Crippen molar-refractivity contribution in [3.8, 4) is 5.75 Å². The summed E-state index contributed by atoms with van der Waals surface area (Å²) < 4.78 is 48.5. The molecule has 0 bridgehead atoms. The summed E-state index contributed by atoms with van der Waals surface area (Å²) in [6.45, 7) is 3.54. The van der Waals surface area contributed by atoms with Gasteiger partial charge in [0.15, 0.2) is 6.10 Å². The van der Waals surface area contributed by atoms with Gasteiger partial charge in [-0.25, -0.2) is 18.4 Å². The Morgan fingerprint density at radius 2 is 1.92 bits per heavy atom. The maximum atomic E-state index is 14.0. The number of nitrogens with one attached hydrogen (secondary N) is 1. The Morgan fingerprint density at radius 1 is 1.17 bits per heavy atom. The van der Waals surface area contributed by atoms with E-state index in [1.807, 2.05) is 0 Å². The molecule has 36 heavy (non-hydrogen) atoms. The first-order valence-electron chi connectivity index (χ1n) is 11.1. The minimum absolute atomic E-state index is 0.0988. The second-order valence-electron chi connectivity index (χ2n) is 7.39. The van der Waals surface area contributed by atoms with Gasteiger partial charge in [0, 0.05) is 19.3 Å². The molecular formula is C26H29F2NO7. The molecule has 2 N–H and O–H groups in total. The number of aliphatic hydroxyl groups is 1. The summed E-state index contributed by atoms with van der Waals surface area (Å²) in [5.74, 6) is -1.76. The van der Waals surface area contributed by atoms with E-state index in [0.29, 0.717) is 30.2 Å². The fourth-order valence-electron chi connectivity index (χ4n) is 3.14. The summed E-state index contributed by atoms with van der Waals surface area (Å²) in [4.78, 5) is 24.2. The van der Waals surface area contributed by atoms with Gasteiger partial charge in [0.2, 0.25) is 0 Å². The van der Waals surface area contributed by atoms with Crippen LogP contribution in [-0.4, -0.2) is 50.2 Å². The molecule has 10 heteroatoms. The van der Waals surface area contributed by atoms with Gasteiger partial charge in [-0.3, -0.25) is 5.32 Å². The van der Waals surface area contributed by atoms with Crippen LogP contribution in [0.5, 0.6) is 5.75 Å². The van der Waals surface area contributed by atoms with Crippen LogP contribution >= 0.6 is 0 Å². The highest BCUT2D eigenvalue weighted by Crippen LogP contribution is 2.29. The second kappa shape index (κ2) is 15.3. The van der Waals surface area contributed by atoms with Crippen molar-refractivity contribution in [3.63, 3.8) is 0 Å². The van der Waals surface area contributed by atoms with Crippen LogP contribution in [-0.2, 0) is 19.0 Å². The molecule has 2 aromatic rings. The largest absolute Gasteiger partial charge is 0.491 e. The van der Waals surface area contributed by atoms with Gasteiger partial charge < -0.3 is 24.1 Å². The zero-order valence-electron chi connectivity index (χ0n) is 19.8. The van der Waals surface area contributed by atoms with Crippen LogP contribution in [0.25, 0.3) is 0 Å². The van der Waals surface area contributed by atoms with Crippen LogP contribution in [0.2, 0.25) is 0 Å². The van der Waals surface area contributed by atoms with E-state index in [-0.39, 0.29) is 25.5 Å². The van der Waals surface area contributed by atoms with E-state index in [2.05, 4.69) is 11.9 Å². The first kappa shape index (κ1) is 28.5. The Bertz CT molecular complexity index is 1030. The highest BCUT2D eigenvalue weighted by Gasteiger charge is 2.27. The number of methoxy groups -OCH3 is 1. The summed E-state index contributed by atoms with van der Waals surface area (Å²) in [6, 6.07) is 9.34. The van der Waals surface area contributed by atoms with Crippen molar-refractivity contribution < 1.29 is 42.4 Å². The normalized spacial score (nSPS) is 12.6. The Kier molecular flexibility index (Phi) is 12.1. The topological polar surface area (TPSA) is 103 Å². The number of benzene rings is 2. The third-order valence-electron chi connectivity index (χ3n) is 4.83. The average molecular weight is 506 g/mol. The Labute approximate surface area is 208 Å². The highest BCUT2D eigenvalue weighted by molar-refractivity contribution is 5.85. The molecule has 0 aliphatic carbocycles. The number of halogens is 2. The number of esters is 1. The van der Waals surface area contributed by atoms with Crippen molar-refractivity contribution in [2.45, 2.75) is 25.0 Å². The van der Waals surface area contributed by atoms with Crippen LogP contribution in [0, 0.1) is 11.6 Å². The van der Waals surface area contributed by atoms with Crippen LogP contribution in [0.3, 0.4) is 0 Å². The molecule has 194 valence electrons. The second-order valence-corrected chi connectivity index (χ2v) is 7.39. The number of allylic oxidation sites excluding steroid dienone is 1. The Morgan fingerprint density at radius 3 is 2.56 bits per heavy atom. The fourth-order valence-corrected chi connectivity index (χ4v) is 3.14. The number of amides is 1. The minimum Gasteiger partial charge on any atom is -0.491 e. The number of hydrogen-bond donors (Lipinski definition) is 2. The molecule has 0 unspecified atom stereocenters. The third kappa shape index (κ3) is 9.47. The molecular weight excluding hydrogens is 476 g/mol. The molecule has 0 aliphatic rings. The maximum Gasteiger partial charge on any atom is 0.412 e. The van der Waals surface area contributed by atoms with Gasteiger partial charge >= 0.3 is 12.1 Å². The van der Waals surface area contributed by atoms with Gasteiger partial charge in [-0.2, -0.15) is 0 Å². The van der Waals surface area contributed by atoms with Gasteiger partial charge in [-0.1, -0.05) is 30.9 Å². The SMILES string of the molecule is C=CCOC(=O)/C=C/CC[C@H](OC)[C@@H](OC(=O)Nc1ccc(F)cc1F)c1ccc(OCCO)cc1. The first-order chi connectivity index (χ1) is 17.4. The lowest BCUT2D eigenvalue weighted by atomic mass is 10.00. The predicted octanol–water partition coefficient (Wildman–Crippen LogP) is 4.71. The van der Waals surface area contributed by atoms with Crippen LogP contribution in [0.1, 0.15) is 24.5 Å². The van der Waals surface area contributed by atoms with Crippen LogP contribution in [0.15, 0.2) is 67.3 Å². The molecule has 0 aliphatic heterocycles. The van der Waals surface area contributed by atoms with Crippen molar-refractivity contribution in [1.29, 1.82) is 0 Å². The molecule has 0 aromatic heterocycles. The van der Waals surface area contributed by atoms with Crippen molar-refractivity contribution in [3.05, 3.63) is 84.5 Å². The Hall–Kier alpha value is -3.76. The lowest BCUT2D eigenvalue weighted by molar-refractivity contribution is -0.136. The lowest BCUT2D eigenvalue weighted by Crippen LogP contribution is -2.28. The molecule has 0 heterocycles. The van der Waals surface area contributed by atoms with Gasteiger partial charge in [0.1, 0.15) is 30.6 Å². The van der Waals surface area contributed by atoms with E-state index in [4.69, 9.17) is 24.1 Å². The number of hydrogen-bond acceptors (Lipinski definition) is 7. The van der Waals surface area contributed by atoms with E-state index in [9.17, 15) is 18.4 Å². The summed E-state index contributed by atoms with van der Waals surface area (Å²) >= 11 is 0. The lowest BCUT2D eigenvalue weighted by Gasteiger charge is -2.26. The molecule has 0 spiro atoms. The number of rotatable bonds is 14. The van der Waals surface area contributed by atoms with E-state index in [1.54, 1.807) is 30.3 Å². The molecule has 0 radical (unpaired) electrons. The summed E-state index contributed by atoms with van der Waals surface area (Å²) in [6.07, 6.45) is 2.55. The average Bonchev–Trinajstić information content (AvgIpc) is 2.87. The van der Waals surface area contributed by atoms with Gasteiger partial charge in [-0.05, 0) is 42.7 Å². The molecule has 0 saturated carbocycles. The minimum atomic E-state index is -0.975. The standard InChI is InChI=1S/C26H29F2NO7/c1-3-15-35-24(31)7-5-4-6-23(33-2)25(18-8-11-20(12-9-18)34-16-14-30)36-26(32)29-22-13-10-19(27)17-21(22)28/h3,5,7-13,17,23,25,30H,1,4,6,14-16H2,2H3,(H,29,32)/b7-5+/t23-,25-/m0/s1. The number of aliphatic hydroxyl groups excluding tert-OH is 1. The van der Waals surface area contributed by atoms with Gasteiger partial charge in [-0.15, -0.1) is 0 Å². The third-order valence-corrected chi connectivity index (χ3v) is 4.83. The van der Waals surface area contributed by atoms with E-state index in [1.165, 1.54) is 19.3 Å². The zero-order chi connectivity index (χ0) is 26.3. The number of carbonyl (C=O) groups is 2. The summed E-state index contributed by atoms with van der Waals surface area (Å²) in [5, 5.41) is 11.2. The quantitative estimate of drug-likeness (QED) is 0.218.